The van der Waals surface area contributed by atoms with Crippen molar-refractivity contribution in [3.8, 4) is 0 Å². The maximum Gasteiger partial charge on any atom is 0.327 e. The van der Waals surface area contributed by atoms with E-state index >= 15 is 0 Å². The van der Waals surface area contributed by atoms with E-state index < -0.39 is 48.1 Å². The van der Waals surface area contributed by atoms with E-state index in [-0.39, 0.29) is 13.2 Å². The molecule has 2 fully saturated rings. The molecule has 98 valence electrons. The van der Waals surface area contributed by atoms with Crippen LogP contribution in [0.2, 0.25) is 0 Å². The number of carbonyl (C=O) groups is 4. The predicted molar refractivity (Wildman–Crippen MR) is 53.3 cm³/mol. The zero-order valence-electron chi connectivity index (χ0n) is 9.24. The molecule has 0 saturated carbocycles. The van der Waals surface area contributed by atoms with E-state index in [0.717, 1.165) is 0 Å². The molecule has 2 heterocycles. The number of carboxylic acids is 2. The van der Waals surface area contributed by atoms with Crippen LogP contribution in [-0.2, 0) is 23.9 Å². The van der Waals surface area contributed by atoms with Gasteiger partial charge < -0.3 is 14.9 Å². The van der Waals surface area contributed by atoms with E-state index in [1.807, 2.05) is 0 Å². The van der Waals surface area contributed by atoms with Crippen LogP contribution in [0.1, 0.15) is 6.42 Å². The number of ether oxygens (including phenoxy) is 1. The minimum Gasteiger partial charge on any atom is -0.481 e. The largest absolute Gasteiger partial charge is 0.481 e. The van der Waals surface area contributed by atoms with Crippen LogP contribution < -0.4 is 0 Å². The van der Waals surface area contributed by atoms with Gasteiger partial charge >= 0.3 is 11.9 Å². The van der Waals surface area contributed by atoms with Crippen molar-refractivity contribution in [2.24, 2.45) is 11.8 Å². The second-order valence-corrected chi connectivity index (χ2v) is 4.25. The molecule has 2 aliphatic rings. The number of hydrogen-bond acceptors (Lipinski definition) is 5. The summed E-state index contributed by atoms with van der Waals surface area (Å²) in [4.78, 5) is 45.9. The average Bonchev–Trinajstić information content (AvgIpc) is 2.82. The van der Waals surface area contributed by atoms with Gasteiger partial charge in [-0.3, -0.25) is 19.3 Å². The molecule has 8 nitrogen and oxygen atoms in total. The number of nitrogens with zero attached hydrogens (tertiary/aromatic N) is 1. The van der Waals surface area contributed by atoms with Gasteiger partial charge in [0, 0.05) is 0 Å². The molecule has 0 aromatic carbocycles. The number of likely N-dealkylation sites (tertiary alicyclic amines) is 1. The summed E-state index contributed by atoms with van der Waals surface area (Å²) in [5.74, 6) is -5.54. The van der Waals surface area contributed by atoms with Gasteiger partial charge in [0.2, 0.25) is 11.8 Å². The lowest BCUT2D eigenvalue weighted by atomic mass is 10.00. The highest BCUT2D eigenvalue weighted by molar-refractivity contribution is 6.08. The fourth-order valence-corrected chi connectivity index (χ4v) is 2.27. The van der Waals surface area contributed by atoms with Crippen LogP contribution in [0.3, 0.4) is 0 Å². The molecule has 0 aromatic rings. The van der Waals surface area contributed by atoms with Crippen molar-refractivity contribution in [1.82, 2.24) is 4.90 Å². The van der Waals surface area contributed by atoms with Crippen LogP contribution >= 0.6 is 0 Å². The summed E-state index contributed by atoms with van der Waals surface area (Å²) in [7, 11) is 0. The minimum atomic E-state index is -1.65. The summed E-state index contributed by atoms with van der Waals surface area (Å²) in [5.41, 5.74) is 0. The van der Waals surface area contributed by atoms with E-state index in [4.69, 9.17) is 14.9 Å². The second-order valence-electron chi connectivity index (χ2n) is 4.25. The zero-order valence-corrected chi connectivity index (χ0v) is 9.24. The molecule has 8 heteroatoms. The van der Waals surface area contributed by atoms with E-state index in [2.05, 4.69) is 0 Å². The summed E-state index contributed by atoms with van der Waals surface area (Å²) >= 11 is 0. The number of amides is 2. The van der Waals surface area contributed by atoms with Gasteiger partial charge in [-0.15, -0.1) is 0 Å². The number of aliphatic carboxylic acids is 2. The first-order valence-electron chi connectivity index (χ1n) is 5.32. The third-order valence-corrected chi connectivity index (χ3v) is 3.15. The Balaban J connectivity index is 2.26. The summed E-state index contributed by atoms with van der Waals surface area (Å²) < 4.78 is 4.99. The lowest BCUT2D eigenvalue weighted by molar-refractivity contribution is -0.158. The standard InChI is InChI=1S/C10H11NO7/c12-7(13)1-6(10(16)17)11-8(14)4-2-18-3-5(4)9(11)15/h4-6H,1-3H2,(H,12,13)(H,16,17)/t4-,5+,6-/m0/s1. The average molecular weight is 257 g/mol. The van der Waals surface area contributed by atoms with Crippen molar-refractivity contribution in [2.45, 2.75) is 12.5 Å². The topological polar surface area (TPSA) is 121 Å². The van der Waals surface area contributed by atoms with E-state index in [0.29, 0.717) is 4.90 Å². The lowest BCUT2D eigenvalue weighted by Crippen LogP contribution is -2.47. The molecule has 0 radical (unpaired) electrons. The minimum absolute atomic E-state index is 0.0746. The Hall–Kier alpha value is -1.96. The van der Waals surface area contributed by atoms with Gasteiger partial charge in [-0.1, -0.05) is 0 Å². The van der Waals surface area contributed by atoms with Crippen LogP contribution in [-0.4, -0.2) is 58.1 Å². The summed E-state index contributed by atoms with van der Waals surface area (Å²) in [6.07, 6.45) is -0.799. The third kappa shape index (κ3) is 1.84. The molecule has 2 saturated heterocycles. The predicted octanol–water partition coefficient (Wildman–Crippen LogP) is -1.45. The normalized spacial score (nSPS) is 28.3. The molecular weight excluding hydrogens is 246 g/mol. The first-order valence-corrected chi connectivity index (χ1v) is 5.32. The number of carbonyl (C=O) groups excluding carboxylic acids is 2. The Morgan fingerprint density at radius 3 is 2.11 bits per heavy atom. The van der Waals surface area contributed by atoms with Gasteiger partial charge in [-0.2, -0.15) is 0 Å². The van der Waals surface area contributed by atoms with Gasteiger partial charge in [-0.25, -0.2) is 4.79 Å². The van der Waals surface area contributed by atoms with E-state index in [9.17, 15) is 19.2 Å². The van der Waals surface area contributed by atoms with Crippen molar-refractivity contribution in [1.29, 1.82) is 0 Å². The molecule has 2 aliphatic heterocycles. The molecule has 2 amide bonds. The van der Waals surface area contributed by atoms with Gasteiger partial charge in [0.15, 0.2) is 0 Å². The molecule has 3 atom stereocenters. The smallest absolute Gasteiger partial charge is 0.327 e. The molecule has 0 bridgehead atoms. The van der Waals surface area contributed by atoms with E-state index in [1.165, 1.54) is 0 Å². The van der Waals surface area contributed by atoms with Crippen molar-refractivity contribution in [3.63, 3.8) is 0 Å². The van der Waals surface area contributed by atoms with Gasteiger partial charge in [0.25, 0.3) is 0 Å². The Bertz CT molecular complexity index is 410. The summed E-state index contributed by atoms with van der Waals surface area (Å²) in [6.45, 7) is 0.149. The molecule has 0 aliphatic carbocycles. The first kappa shape index (κ1) is 12.5. The molecule has 0 aromatic heterocycles. The highest BCUT2D eigenvalue weighted by Gasteiger charge is 2.54. The second kappa shape index (κ2) is 4.37. The van der Waals surface area contributed by atoms with Gasteiger partial charge in [0.1, 0.15) is 6.04 Å². The lowest BCUT2D eigenvalue weighted by Gasteiger charge is -2.22. The Morgan fingerprint density at radius 1 is 1.22 bits per heavy atom. The van der Waals surface area contributed by atoms with Crippen LogP contribution in [0, 0.1) is 11.8 Å². The van der Waals surface area contributed by atoms with Crippen molar-refractivity contribution < 1.29 is 34.1 Å². The zero-order chi connectivity index (χ0) is 13.4. The SMILES string of the molecule is O=C(O)C[C@@H](C(=O)O)N1C(=O)[C@H]2COC[C@H]2C1=O. The highest BCUT2D eigenvalue weighted by atomic mass is 16.5. The van der Waals surface area contributed by atoms with Crippen LogP contribution in [0.15, 0.2) is 0 Å². The van der Waals surface area contributed by atoms with Crippen molar-refractivity contribution in [3.05, 3.63) is 0 Å². The van der Waals surface area contributed by atoms with Crippen molar-refractivity contribution >= 4 is 23.8 Å². The number of hydrogen-bond donors (Lipinski definition) is 2. The number of imide groups is 1. The molecule has 0 unspecified atom stereocenters. The monoisotopic (exact) mass is 257 g/mol. The van der Waals surface area contributed by atoms with Gasteiger partial charge in [0.05, 0.1) is 31.5 Å². The Labute approximate surface area is 101 Å². The Kier molecular flexibility index (Phi) is 3.04. The summed E-state index contributed by atoms with van der Waals surface area (Å²) in [5, 5.41) is 17.6. The number of rotatable bonds is 4. The van der Waals surface area contributed by atoms with Crippen LogP contribution in [0.4, 0.5) is 0 Å². The molecular formula is C10H11NO7. The first-order chi connectivity index (χ1) is 8.43. The Morgan fingerprint density at radius 2 is 1.72 bits per heavy atom. The molecule has 0 spiro atoms. The quantitative estimate of drug-likeness (QED) is 0.590. The molecule has 2 N–H and O–H groups in total. The summed E-state index contributed by atoms with van der Waals surface area (Å²) in [6, 6.07) is -1.65. The maximum atomic E-state index is 11.9. The fraction of sp³-hybridized carbons (Fsp3) is 0.600. The maximum absolute atomic E-state index is 11.9. The molecule has 2 rings (SSSR count). The third-order valence-electron chi connectivity index (χ3n) is 3.15. The fourth-order valence-electron chi connectivity index (χ4n) is 2.27. The molecule has 18 heavy (non-hydrogen) atoms. The van der Waals surface area contributed by atoms with Crippen LogP contribution in [0.25, 0.3) is 0 Å². The van der Waals surface area contributed by atoms with Crippen LogP contribution in [0.5, 0.6) is 0 Å². The van der Waals surface area contributed by atoms with Crippen molar-refractivity contribution in [2.75, 3.05) is 13.2 Å². The number of fused-ring (bicyclic) bond motifs is 1. The van der Waals surface area contributed by atoms with Gasteiger partial charge in [-0.05, 0) is 0 Å². The number of carboxylic acid groups (broad SMARTS) is 2. The highest BCUT2D eigenvalue weighted by Crippen LogP contribution is 2.33. The van der Waals surface area contributed by atoms with E-state index in [1.54, 1.807) is 0 Å².